The molecule has 0 heterocycles. The molecule has 4 saturated carbocycles. The average molecular weight is 332 g/mol. The predicted molar refractivity (Wildman–Crippen MR) is 89.2 cm³/mol. The summed E-state index contributed by atoms with van der Waals surface area (Å²) in [5.74, 6) is -0.572. The molecule has 0 aromatic heterocycles. The van der Waals surface area contributed by atoms with Crippen LogP contribution >= 0.6 is 0 Å². The Hall–Kier alpha value is -1.16. The number of aliphatic hydroxyl groups is 1. The monoisotopic (exact) mass is 332 g/mol. The third-order valence-corrected chi connectivity index (χ3v) is 8.41. The molecule has 7 atom stereocenters. The van der Waals surface area contributed by atoms with Crippen molar-refractivity contribution in [2.24, 2.45) is 34.0 Å². The Kier molecular flexibility index (Phi) is 3.21. The van der Waals surface area contributed by atoms with Crippen LogP contribution < -0.4 is 0 Å². The molecule has 0 aromatic rings. The van der Waals surface area contributed by atoms with Gasteiger partial charge in [0.15, 0.2) is 0 Å². The number of aliphatic carboxylic acids is 1. The van der Waals surface area contributed by atoms with E-state index in [1.54, 1.807) is 0 Å². The molecule has 0 radical (unpaired) electrons. The zero-order chi connectivity index (χ0) is 17.5. The van der Waals surface area contributed by atoms with Gasteiger partial charge in [0.2, 0.25) is 0 Å². The molecule has 4 aliphatic rings. The Balaban J connectivity index is 1.83. The van der Waals surface area contributed by atoms with E-state index in [-0.39, 0.29) is 34.4 Å². The van der Waals surface area contributed by atoms with Crippen LogP contribution in [0, 0.1) is 34.0 Å². The first-order chi connectivity index (χ1) is 11.2. The molecule has 0 amide bonds. The van der Waals surface area contributed by atoms with Crippen LogP contribution in [0.1, 0.15) is 58.8 Å². The van der Waals surface area contributed by atoms with E-state index in [4.69, 9.17) is 0 Å². The number of hydrogen-bond donors (Lipinski definition) is 2. The van der Waals surface area contributed by atoms with Crippen LogP contribution in [0.15, 0.2) is 12.2 Å². The van der Waals surface area contributed by atoms with E-state index in [1.807, 2.05) is 6.92 Å². The van der Waals surface area contributed by atoms with Gasteiger partial charge in [-0.05, 0) is 61.9 Å². The van der Waals surface area contributed by atoms with E-state index in [0.29, 0.717) is 12.8 Å². The number of carboxylic acid groups (broad SMARTS) is 1. The molecule has 4 nitrogen and oxygen atoms in total. The van der Waals surface area contributed by atoms with Crippen molar-refractivity contribution >= 4 is 11.8 Å². The molecule has 0 aliphatic heterocycles. The van der Waals surface area contributed by atoms with Gasteiger partial charge in [0.05, 0.1) is 11.5 Å². The Morgan fingerprint density at radius 3 is 2.62 bits per heavy atom. The van der Waals surface area contributed by atoms with Crippen molar-refractivity contribution in [1.82, 2.24) is 0 Å². The van der Waals surface area contributed by atoms with Crippen LogP contribution in [-0.4, -0.2) is 28.1 Å². The molecule has 24 heavy (non-hydrogen) atoms. The molecule has 4 rings (SSSR count). The maximum absolute atomic E-state index is 13.1. The van der Waals surface area contributed by atoms with Crippen LogP contribution in [0.2, 0.25) is 0 Å². The lowest BCUT2D eigenvalue weighted by Crippen LogP contribution is -2.62. The second kappa shape index (κ2) is 4.72. The zero-order valence-electron chi connectivity index (χ0n) is 14.7. The van der Waals surface area contributed by atoms with Crippen molar-refractivity contribution in [3.8, 4) is 0 Å². The number of hydrogen-bond acceptors (Lipinski definition) is 3. The van der Waals surface area contributed by atoms with Crippen molar-refractivity contribution in [2.45, 2.75) is 64.9 Å². The van der Waals surface area contributed by atoms with E-state index >= 15 is 0 Å². The fourth-order valence-corrected chi connectivity index (χ4v) is 7.44. The molecule has 7 unspecified atom stereocenters. The molecule has 4 heteroatoms. The topological polar surface area (TPSA) is 74.6 Å². The number of carbonyl (C=O) groups is 2. The van der Waals surface area contributed by atoms with Crippen molar-refractivity contribution in [3.05, 3.63) is 12.2 Å². The van der Waals surface area contributed by atoms with E-state index in [9.17, 15) is 19.8 Å². The number of carboxylic acids is 1. The summed E-state index contributed by atoms with van der Waals surface area (Å²) in [6.07, 6.45) is 4.70. The van der Waals surface area contributed by atoms with Crippen LogP contribution in [0.5, 0.6) is 0 Å². The summed E-state index contributed by atoms with van der Waals surface area (Å²) in [5.41, 5.74) is -0.632. The zero-order valence-corrected chi connectivity index (χ0v) is 14.7. The molecule has 1 spiro atoms. The average Bonchev–Trinajstić information content (AvgIpc) is 2.68. The molecule has 132 valence electrons. The highest BCUT2D eigenvalue weighted by Crippen LogP contribution is 2.71. The normalized spacial score (nSPS) is 53.5. The van der Waals surface area contributed by atoms with Crippen LogP contribution in [0.4, 0.5) is 0 Å². The largest absolute Gasteiger partial charge is 0.481 e. The molecule has 2 N–H and O–H groups in total. The number of Topliss-reactive ketones (excluding diaryl/α,β-unsaturated/α-hetero) is 1. The molecule has 0 saturated heterocycles. The van der Waals surface area contributed by atoms with E-state index in [0.717, 1.165) is 37.7 Å². The Morgan fingerprint density at radius 1 is 1.25 bits per heavy atom. The number of fused-ring (bicyclic) bond motifs is 3. The Bertz CT molecular complexity index is 640. The molecular weight excluding hydrogens is 304 g/mol. The van der Waals surface area contributed by atoms with Gasteiger partial charge in [-0.15, -0.1) is 0 Å². The molecule has 4 aliphatic carbocycles. The maximum Gasteiger partial charge on any atom is 0.309 e. The van der Waals surface area contributed by atoms with Crippen molar-refractivity contribution in [2.75, 3.05) is 0 Å². The molecule has 4 fully saturated rings. The predicted octanol–water partition coefficient (Wildman–Crippen LogP) is 3.19. The first-order valence-electron chi connectivity index (χ1n) is 9.30. The summed E-state index contributed by atoms with van der Waals surface area (Å²) in [5, 5.41) is 20.8. The maximum atomic E-state index is 13.1. The van der Waals surface area contributed by atoms with Gasteiger partial charge in [-0.3, -0.25) is 9.59 Å². The van der Waals surface area contributed by atoms with Gasteiger partial charge in [0.25, 0.3) is 0 Å². The summed E-state index contributed by atoms with van der Waals surface area (Å²) in [7, 11) is 0. The lowest BCUT2D eigenvalue weighted by Gasteiger charge is -2.62. The van der Waals surface area contributed by atoms with Crippen LogP contribution in [-0.2, 0) is 9.59 Å². The highest BCUT2D eigenvalue weighted by Gasteiger charge is 2.70. The minimum Gasteiger partial charge on any atom is -0.481 e. The van der Waals surface area contributed by atoms with Gasteiger partial charge in [-0.1, -0.05) is 19.9 Å². The first kappa shape index (κ1) is 16.3. The summed E-state index contributed by atoms with van der Waals surface area (Å²) in [6.45, 7) is 8.09. The van der Waals surface area contributed by atoms with E-state index < -0.39 is 17.5 Å². The number of rotatable bonds is 1. The Morgan fingerprint density at radius 2 is 1.96 bits per heavy atom. The fraction of sp³-hybridized carbons (Fsp3) is 0.800. The van der Waals surface area contributed by atoms with Gasteiger partial charge in [-0.2, -0.15) is 0 Å². The van der Waals surface area contributed by atoms with Crippen LogP contribution in [0.25, 0.3) is 0 Å². The van der Waals surface area contributed by atoms with Crippen LogP contribution in [0.3, 0.4) is 0 Å². The second-order valence-electron chi connectivity index (χ2n) is 9.39. The second-order valence-corrected chi connectivity index (χ2v) is 9.39. The number of aliphatic hydroxyl groups excluding tert-OH is 1. The smallest absolute Gasteiger partial charge is 0.309 e. The molecule has 0 aromatic carbocycles. The third-order valence-electron chi connectivity index (χ3n) is 8.41. The third kappa shape index (κ3) is 1.68. The van der Waals surface area contributed by atoms with Crippen molar-refractivity contribution in [1.29, 1.82) is 0 Å². The summed E-state index contributed by atoms with van der Waals surface area (Å²) in [6, 6.07) is 0. The van der Waals surface area contributed by atoms with Gasteiger partial charge < -0.3 is 10.2 Å². The summed E-state index contributed by atoms with van der Waals surface area (Å²) >= 11 is 0. The summed E-state index contributed by atoms with van der Waals surface area (Å²) in [4.78, 5) is 25.2. The van der Waals surface area contributed by atoms with E-state index in [1.165, 1.54) is 0 Å². The van der Waals surface area contributed by atoms with E-state index in [2.05, 4.69) is 13.5 Å². The van der Waals surface area contributed by atoms with Crippen molar-refractivity contribution in [3.63, 3.8) is 0 Å². The minimum absolute atomic E-state index is 0.00782. The minimum atomic E-state index is -0.758. The van der Waals surface area contributed by atoms with Gasteiger partial charge >= 0.3 is 5.97 Å². The number of ketones is 1. The fourth-order valence-electron chi connectivity index (χ4n) is 7.44. The first-order valence-corrected chi connectivity index (χ1v) is 9.30. The van der Waals surface area contributed by atoms with Crippen molar-refractivity contribution < 1.29 is 19.8 Å². The van der Waals surface area contributed by atoms with Gasteiger partial charge in [0, 0.05) is 17.8 Å². The van der Waals surface area contributed by atoms with Gasteiger partial charge in [0.1, 0.15) is 5.78 Å². The molecule has 2 bridgehead atoms. The number of carbonyl (C=O) groups excluding carboxylic acids is 1. The van der Waals surface area contributed by atoms with Gasteiger partial charge in [-0.25, -0.2) is 0 Å². The molecular formula is C20H28O4. The Labute approximate surface area is 143 Å². The standard InChI is InChI=1S/C20H28O4/c1-11-12-9-13(21)15-18(2)6-4-7-19(3,17(23)24)14(18)5-8-20(15,10-12)16(11)22/h12,14-16,22H,1,4-10H2,2-3H3,(H,23,24). The highest BCUT2D eigenvalue weighted by molar-refractivity contribution is 5.86. The SMILES string of the molecule is C=C1C2CC(=O)C3C4(C)CCCC(C)(C(=O)O)C4CCC3(C2)C1O. The highest BCUT2D eigenvalue weighted by atomic mass is 16.4. The lowest BCUT2D eigenvalue weighted by molar-refractivity contribution is -0.192. The lowest BCUT2D eigenvalue weighted by atomic mass is 9.40. The quantitative estimate of drug-likeness (QED) is 0.723. The summed E-state index contributed by atoms with van der Waals surface area (Å²) < 4.78 is 0.